The van der Waals surface area contributed by atoms with E-state index in [4.69, 9.17) is 5.11 Å². The zero-order valence-corrected chi connectivity index (χ0v) is 11.9. The van der Waals surface area contributed by atoms with Crippen LogP contribution in [0.3, 0.4) is 0 Å². The molecule has 2 fully saturated rings. The minimum Gasteiger partial charge on any atom is -0.396 e. The lowest BCUT2D eigenvalue weighted by atomic mass is 9.95. The minimum atomic E-state index is 0.358. The zero-order valence-electron chi connectivity index (χ0n) is 11.9. The second-order valence-electron chi connectivity index (χ2n) is 5.97. The quantitative estimate of drug-likeness (QED) is 0.767. The van der Waals surface area contributed by atoms with E-state index in [1.54, 1.807) is 0 Å². The number of piperidine rings is 1. The van der Waals surface area contributed by atoms with Crippen molar-refractivity contribution >= 4 is 0 Å². The minimum absolute atomic E-state index is 0.358. The Morgan fingerprint density at radius 1 is 1.00 bits per heavy atom. The first-order chi connectivity index (χ1) is 8.78. The van der Waals surface area contributed by atoms with Gasteiger partial charge in [-0.05, 0) is 38.8 Å². The van der Waals surface area contributed by atoms with Crippen molar-refractivity contribution in [1.29, 1.82) is 0 Å². The Hall–Kier alpha value is -0.160. The molecular weight excluding hydrogens is 226 g/mol. The Morgan fingerprint density at radius 2 is 1.72 bits per heavy atom. The first-order valence-electron chi connectivity index (χ1n) is 7.52. The molecule has 4 nitrogen and oxygen atoms in total. The van der Waals surface area contributed by atoms with Crippen molar-refractivity contribution in [3.05, 3.63) is 0 Å². The smallest absolute Gasteiger partial charge is 0.0434 e. The highest BCUT2D eigenvalue weighted by atomic mass is 16.3. The number of rotatable bonds is 5. The van der Waals surface area contributed by atoms with Crippen molar-refractivity contribution in [2.45, 2.75) is 19.3 Å². The van der Waals surface area contributed by atoms with Gasteiger partial charge in [-0.25, -0.2) is 0 Å². The normalized spacial score (nSPS) is 28.7. The van der Waals surface area contributed by atoms with Gasteiger partial charge in [0.2, 0.25) is 0 Å². The molecule has 0 aromatic rings. The predicted octanol–water partition coefficient (Wildman–Crippen LogP) is 0.328. The van der Waals surface area contributed by atoms with Gasteiger partial charge in [0.15, 0.2) is 0 Å². The van der Waals surface area contributed by atoms with Crippen molar-refractivity contribution in [2.24, 2.45) is 5.92 Å². The number of likely N-dealkylation sites (tertiary alicyclic amines) is 1. The molecule has 0 aromatic carbocycles. The van der Waals surface area contributed by atoms with Crippen LogP contribution in [0, 0.1) is 5.92 Å². The summed E-state index contributed by atoms with van der Waals surface area (Å²) in [6.07, 6.45) is 3.62. The van der Waals surface area contributed by atoms with Crippen LogP contribution in [0.25, 0.3) is 0 Å². The van der Waals surface area contributed by atoms with E-state index < -0.39 is 0 Å². The summed E-state index contributed by atoms with van der Waals surface area (Å²) < 4.78 is 0. The Balaban J connectivity index is 1.63. The van der Waals surface area contributed by atoms with Crippen LogP contribution in [0.15, 0.2) is 0 Å². The van der Waals surface area contributed by atoms with Gasteiger partial charge in [0, 0.05) is 52.4 Å². The van der Waals surface area contributed by atoms with Crippen molar-refractivity contribution in [3.63, 3.8) is 0 Å². The Labute approximate surface area is 112 Å². The van der Waals surface area contributed by atoms with Gasteiger partial charge < -0.3 is 14.9 Å². The summed E-state index contributed by atoms with van der Waals surface area (Å²) in [5, 5.41) is 9.03. The summed E-state index contributed by atoms with van der Waals surface area (Å²) in [6, 6.07) is 0. The van der Waals surface area contributed by atoms with Gasteiger partial charge in [-0.15, -0.1) is 0 Å². The Kier molecular flexibility index (Phi) is 5.89. The van der Waals surface area contributed by atoms with E-state index in [1.165, 1.54) is 65.2 Å². The highest BCUT2D eigenvalue weighted by Crippen LogP contribution is 2.18. The van der Waals surface area contributed by atoms with Gasteiger partial charge in [-0.1, -0.05) is 0 Å². The summed E-state index contributed by atoms with van der Waals surface area (Å²) in [7, 11) is 2.21. The summed E-state index contributed by atoms with van der Waals surface area (Å²) >= 11 is 0. The summed E-state index contributed by atoms with van der Waals surface area (Å²) in [5.74, 6) is 0.733. The van der Waals surface area contributed by atoms with E-state index in [9.17, 15) is 0 Å². The second kappa shape index (κ2) is 7.43. The third-order valence-electron chi connectivity index (χ3n) is 4.47. The number of hydrogen-bond acceptors (Lipinski definition) is 4. The van der Waals surface area contributed by atoms with Crippen molar-refractivity contribution < 1.29 is 5.11 Å². The molecule has 106 valence electrons. The molecule has 18 heavy (non-hydrogen) atoms. The number of piperazine rings is 1. The van der Waals surface area contributed by atoms with E-state index in [2.05, 4.69) is 21.7 Å². The van der Waals surface area contributed by atoms with Crippen LogP contribution in [0.1, 0.15) is 19.3 Å². The maximum Gasteiger partial charge on any atom is 0.0434 e. The van der Waals surface area contributed by atoms with Gasteiger partial charge in [0.1, 0.15) is 0 Å². The molecule has 1 N–H and O–H groups in total. The predicted molar refractivity (Wildman–Crippen MR) is 74.8 cm³/mol. The molecule has 2 aliphatic rings. The highest BCUT2D eigenvalue weighted by Gasteiger charge is 2.20. The molecule has 0 aliphatic carbocycles. The fourth-order valence-corrected chi connectivity index (χ4v) is 3.13. The average molecular weight is 255 g/mol. The zero-order chi connectivity index (χ0) is 12.8. The number of hydrogen-bond donors (Lipinski definition) is 1. The molecule has 4 heteroatoms. The maximum atomic E-state index is 9.03. The summed E-state index contributed by atoms with van der Waals surface area (Å²) in [4.78, 5) is 7.60. The lowest BCUT2D eigenvalue weighted by Crippen LogP contribution is -2.48. The standard InChI is InChI=1S/C14H29N3O/c1-15-6-8-16(9-7-15)10-11-17-5-2-3-14(13-17)4-12-18/h14,18H,2-13H2,1H3. The topological polar surface area (TPSA) is 30.0 Å². The summed E-state index contributed by atoms with van der Waals surface area (Å²) in [6.45, 7) is 10.1. The third kappa shape index (κ3) is 4.50. The van der Waals surface area contributed by atoms with Crippen molar-refractivity contribution in [2.75, 3.05) is 66.0 Å². The highest BCUT2D eigenvalue weighted by molar-refractivity contribution is 4.75. The van der Waals surface area contributed by atoms with Crippen LogP contribution in [-0.2, 0) is 0 Å². The maximum absolute atomic E-state index is 9.03. The van der Waals surface area contributed by atoms with Crippen molar-refractivity contribution in [1.82, 2.24) is 14.7 Å². The molecule has 2 aliphatic heterocycles. The number of aliphatic hydroxyl groups excluding tert-OH is 1. The third-order valence-corrected chi connectivity index (χ3v) is 4.47. The van der Waals surface area contributed by atoms with Gasteiger partial charge in [0.05, 0.1) is 0 Å². The molecule has 0 radical (unpaired) electrons. The van der Waals surface area contributed by atoms with Crippen LogP contribution in [0.2, 0.25) is 0 Å². The van der Waals surface area contributed by atoms with Gasteiger partial charge in [-0.2, -0.15) is 0 Å². The first-order valence-corrected chi connectivity index (χ1v) is 7.52. The SMILES string of the molecule is CN1CCN(CCN2CCCC(CCO)C2)CC1. The molecule has 1 atom stereocenters. The fraction of sp³-hybridized carbons (Fsp3) is 1.00. The van der Waals surface area contributed by atoms with Crippen LogP contribution in [0.5, 0.6) is 0 Å². The molecule has 2 saturated heterocycles. The van der Waals surface area contributed by atoms with Gasteiger partial charge in [0.25, 0.3) is 0 Å². The number of aliphatic hydroxyl groups is 1. The molecule has 0 aromatic heterocycles. The average Bonchev–Trinajstić information content (AvgIpc) is 2.39. The monoisotopic (exact) mass is 255 g/mol. The number of nitrogens with zero attached hydrogens (tertiary/aromatic N) is 3. The molecule has 2 rings (SSSR count). The van der Waals surface area contributed by atoms with E-state index >= 15 is 0 Å². The van der Waals surface area contributed by atoms with Gasteiger partial charge >= 0.3 is 0 Å². The lowest BCUT2D eigenvalue weighted by molar-refractivity contribution is 0.108. The molecule has 0 bridgehead atoms. The van der Waals surface area contributed by atoms with Gasteiger partial charge in [-0.3, -0.25) is 4.90 Å². The number of likely N-dealkylation sites (N-methyl/N-ethyl adjacent to an activating group) is 1. The Morgan fingerprint density at radius 3 is 2.44 bits per heavy atom. The van der Waals surface area contributed by atoms with E-state index in [1.807, 2.05) is 0 Å². The molecule has 1 unspecified atom stereocenters. The van der Waals surface area contributed by atoms with Crippen LogP contribution < -0.4 is 0 Å². The van der Waals surface area contributed by atoms with Crippen molar-refractivity contribution in [3.8, 4) is 0 Å². The lowest BCUT2D eigenvalue weighted by Gasteiger charge is -2.36. The van der Waals surface area contributed by atoms with E-state index in [0.29, 0.717) is 6.61 Å². The van der Waals surface area contributed by atoms with Crippen LogP contribution in [0.4, 0.5) is 0 Å². The Bertz CT molecular complexity index is 227. The molecule has 0 amide bonds. The molecule has 2 heterocycles. The molecule has 0 saturated carbocycles. The fourth-order valence-electron chi connectivity index (χ4n) is 3.13. The molecule has 0 spiro atoms. The van der Waals surface area contributed by atoms with Crippen LogP contribution >= 0.6 is 0 Å². The molecular formula is C14H29N3O. The van der Waals surface area contributed by atoms with E-state index in [0.717, 1.165) is 12.3 Å². The van der Waals surface area contributed by atoms with Crippen LogP contribution in [-0.4, -0.2) is 85.8 Å². The second-order valence-corrected chi connectivity index (χ2v) is 5.97. The van der Waals surface area contributed by atoms with E-state index in [-0.39, 0.29) is 0 Å². The largest absolute Gasteiger partial charge is 0.396 e. The summed E-state index contributed by atoms with van der Waals surface area (Å²) in [5.41, 5.74) is 0. The first kappa shape index (κ1) is 14.3.